The number of methoxy groups -OCH3 is 1. The highest BCUT2D eigenvalue weighted by atomic mass is 32.1. The van der Waals surface area contributed by atoms with Crippen LogP contribution in [0.15, 0.2) is 90.4 Å². The van der Waals surface area contributed by atoms with Crippen molar-refractivity contribution in [2.24, 2.45) is 0 Å². The second-order valence-electron chi connectivity index (χ2n) is 10.8. The van der Waals surface area contributed by atoms with Gasteiger partial charge in [0.15, 0.2) is 17.3 Å². The van der Waals surface area contributed by atoms with Gasteiger partial charge >= 0.3 is 0 Å². The van der Waals surface area contributed by atoms with Gasteiger partial charge in [-0.25, -0.2) is 4.68 Å². The molecule has 0 aliphatic rings. The Labute approximate surface area is 276 Å². The monoisotopic (exact) mass is 645 g/mol. The molecular formula is C37H35N5O4S. The molecule has 3 aromatic carbocycles. The van der Waals surface area contributed by atoms with Crippen molar-refractivity contribution in [3.05, 3.63) is 123 Å². The second-order valence-corrected chi connectivity index (χ2v) is 11.8. The van der Waals surface area contributed by atoms with Crippen LogP contribution in [0.5, 0.6) is 17.2 Å². The summed E-state index contributed by atoms with van der Waals surface area (Å²) in [6, 6.07) is 21.6. The number of fused-ring (bicyclic) bond motifs is 1. The largest absolute Gasteiger partial charge is 0.493 e. The minimum atomic E-state index is -0.241. The van der Waals surface area contributed by atoms with Gasteiger partial charge in [0, 0.05) is 17.3 Å². The Kier molecular flexibility index (Phi) is 9.59. The summed E-state index contributed by atoms with van der Waals surface area (Å²) in [6.07, 6.45) is 11.2. The first-order valence-electron chi connectivity index (χ1n) is 15.4. The van der Waals surface area contributed by atoms with Crippen molar-refractivity contribution in [3.63, 3.8) is 0 Å². The number of unbranched alkanes of at least 4 members (excludes halogenated alkanes) is 1. The van der Waals surface area contributed by atoms with Crippen LogP contribution in [0.3, 0.4) is 0 Å². The maximum atomic E-state index is 13.5. The molecule has 0 amide bonds. The number of ether oxygens (including phenoxy) is 3. The van der Waals surface area contributed by atoms with Crippen LogP contribution < -0.4 is 24.3 Å². The van der Waals surface area contributed by atoms with Crippen LogP contribution in [0.25, 0.3) is 40.1 Å². The SMILES string of the molecule is C=CCOc1ccc(-c2nn(-c3ccccc3)cc2/C=c2\sc3nc(/C=C/c4ccc(OCCCC)c(OC)c4)nn3c2=O)cc1C. The lowest BCUT2D eigenvalue weighted by molar-refractivity contribution is 0.288. The highest BCUT2D eigenvalue weighted by molar-refractivity contribution is 7.15. The number of thiazole rings is 1. The van der Waals surface area contributed by atoms with E-state index in [1.807, 2.05) is 96.7 Å². The van der Waals surface area contributed by atoms with E-state index in [4.69, 9.17) is 19.3 Å². The third-order valence-corrected chi connectivity index (χ3v) is 8.38. The Morgan fingerprint density at radius 2 is 1.79 bits per heavy atom. The first-order chi connectivity index (χ1) is 23.0. The predicted octanol–water partition coefficient (Wildman–Crippen LogP) is 6.78. The summed E-state index contributed by atoms with van der Waals surface area (Å²) < 4.78 is 20.8. The van der Waals surface area contributed by atoms with E-state index in [0.717, 1.165) is 52.2 Å². The Balaban J connectivity index is 1.32. The fourth-order valence-corrected chi connectivity index (χ4v) is 5.91. The fraction of sp³-hybridized carbons (Fsp3) is 0.189. The molecule has 3 aromatic heterocycles. The topological polar surface area (TPSA) is 92.8 Å². The summed E-state index contributed by atoms with van der Waals surface area (Å²) in [5, 5.41) is 9.40. The lowest BCUT2D eigenvalue weighted by atomic mass is 10.0. The van der Waals surface area contributed by atoms with Crippen LogP contribution in [0.2, 0.25) is 0 Å². The second kappa shape index (κ2) is 14.3. The average Bonchev–Trinajstić information content (AvgIpc) is 3.78. The molecule has 3 heterocycles. The Morgan fingerprint density at radius 1 is 0.957 bits per heavy atom. The molecule has 0 radical (unpaired) electrons. The smallest absolute Gasteiger partial charge is 0.291 e. The highest BCUT2D eigenvalue weighted by Crippen LogP contribution is 2.30. The number of nitrogens with zero attached hydrogens (tertiary/aromatic N) is 5. The molecule has 238 valence electrons. The summed E-state index contributed by atoms with van der Waals surface area (Å²) >= 11 is 1.29. The lowest BCUT2D eigenvalue weighted by Crippen LogP contribution is -2.23. The molecule has 0 saturated heterocycles. The highest BCUT2D eigenvalue weighted by Gasteiger charge is 2.15. The Bertz CT molecular complexity index is 2160. The third-order valence-electron chi connectivity index (χ3n) is 7.42. The van der Waals surface area contributed by atoms with E-state index in [1.165, 1.54) is 15.9 Å². The van der Waals surface area contributed by atoms with Gasteiger partial charge in [-0.15, -0.1) is 5.10 Å². The van der Waals surface area contributed by atoms with Gasteiger partial charge in [0.1, 0.15) is 18.1 Å². The quantitative estimate of drug-likeness (QED) is 0.101. The maximum Gasteiger partial charge on any atom is 0.291 e. The van der Waals surface area contributed by atoms with Gasteiger partial charge < -0.3 is 14.2 Å². The van der Waals surface area contributed by atoms with Crippen LogP contribution >= 0.6 is 11.3 Å². The zero-order chi connectivity index (χ0) is 32.8. The van der Waals surface area contributed by atoms with Crippen molar-refractivity contribution < 1.29 is 14.2 Å². The minimum Gasteiger partial charge on any atom is -0.493 e. The molecule has 0 fully saturated rings. The van der Waals surface area contributed by atoms with E-state index in [9.17, 15) is 4.79 Å². The summed E-state index contributed by atoms with van der Waals surface area (Å²) in [5.74, 6) is 2.59. The van der Waals surface area contributed by atoms with E-state index in [0.29, 0.717) is 40.0 Å². The summed E-state index contributed by atoms with van der Waals surface area (Å²) in [5.41, 5.74) is 4.99. The Hall–Kier alpha value is -5.48. The molecule has 0 saturated carbocycles. The van der Waals surface area contributed by atoms with E-state index >= 15 is 0 Å². The normalized spacial score (nSPS) is 11.9. The number of para-hydroxylation sites is 1. The van der Waals surface area contributed by atoms with Crippen molar-refractivity contribution in [2.75, 3.05) is 20.3 Å². The molecular weight excluding hydrogens is 611 g/mol. The fourth-order valence-electron chi connectivity index (χ4n) is 5.00. The molecule has 9 nitrogen and oxygen atoms in total. The first-order valence-corrected chi connectivity index (χ1v) is 16.2. The summed E-state index contributed by atoms with van der Waals surface area (Å²) in [4.78, 5) is 18.6. The van der Waals surface area contributed by atoms with Gasteiger partial charge in [0.25, 0.3) is 5.56 Å². The standard InChI is InChI=1S/C37H35N5O4S/c1-5-7-20-46-31-16-13-26(22-32(31)44-4)14-18-34-38-37-42(39-34)36(43)33(47-37)23-28-24-41(29-11-9-8-10-12-29)40-35(28)27-15-17-30(25(3)21-27)45-19-6-2/h6,8-18,21-24H,2,5,7,19-20H2,1,3-4H3/b18-14+,33-23-. The number of benzene rings is 3. The molecule has 0 aliphatic carbocycles. The zero-order valence-corrected chi connectivity index (χ0v) is 27.4. The van der Waals surface area contributed by atoms with Crippen LogP contribution in [-0.4, -0.2) is 44.7 Å². The molecule has 0 unspecified atom stereocenters. The molecule has 6 aromatic rings. The lowest BCUT2D eigenvalue weighted by Gasteiger charge is -2.10. The van der Waals surface area contributed by atoms with Gasteiger partial charge in [0.05, 0.1) is 23.9 Å². The summed E-state index contributed by atoms with van der Waals surface area (Å²) in [7, 11) is 1.62. The number of rotatable bonds is 13. The van der Waals surface area contributed by atoms with Crippen molar-refractivity contribution in [3.8, 4) is 34.2 Å². The molecule has 0 N–H and O–H groups in total. The van der Waals surface area contributed by atoms with Crippen molar-refractivity contribution >= 4 is 34.5 Å². The van der Waals surface area contributed by atoms with E-state index < -0.39 is 0 Å². The van der Waals surface area contributed by atoms with Crippen LogP contribution in [0.4, 0.5) is 0 Å². The van der Waals surface area contributed by atoms with Gasteiger partial charge in [-0.1, -0.05) is 67.7 Å². The third kappa shape index (κ3) is 7.02. The predicted molar refractivity (Wildman–Crippen MR) is 188 cm³/mol. The number of hydrogen-bond donors (Lipinski definition) is 0. The van der Waals surface area contributed by atoms with E-state index in [1.54, 1.807) is 19.3 Å². The molecule has 6 rings (SSSR count). The molecule has 0 bridgehead atoms. The first kappa shape index (κ1) is 31.5. The molecule has 10 heteroatoms. The van der Waals surface area contributed by atoms with Gasteiger partial charge in [0.2, 0.25) is 4.96 Å². The number of hydrogen-bond acceptors (Lipinski definition) is 8. The van der Waals surface area contributed by atoms with Gasteiger partial charge in [-0.05, 0) is 79.1 Å². The Morgan fingerprint density at radius 3 is 2.53 bits per heavy atom. The van der Waals surface area contributed by atoms with E-state index in [-0.39, 0.29) is 5.56 Å². The van der Waals surface area contributed by atoms with Crippen LogP contribution in [0, 0.1) is 6.92 Å². The minimum absolute atomic E-state index is 0.241. The molecule has 47 heavy (non-hydrogen) atoms. The summed E-state index contributed by atoms with van der Waals surface area (Å²) in [6.45, 7) is 8.92. The van der Waals surface area contributed by atoms with Crippen LogP contribution in [-0.2, 0) is 0 Å². The molecule has 0 spiro atoms. The number of aromatic nitrogens is 5. The average molecular weight is 646 g/mol. The van der Waals surface area contributed by atoms with Gasteiger partial charge in [-0.3, -0.25) is 4.79 Å². The van der Waals surface area contributed by atoms with Crippen molar-refractivity contribution in [2.45, 2.75) is 26.7 Å². The molecule has 0 aliphatic heterocycles. The molecule has 0 atom stereocenters. The number of aryl methyl sites for hydroxylation is 1. The van der Waals surface area contributed by atoms with E-state index in [2.05, 4.69) is 23.6 Å². The zero-order valence-electron chi connectivity index (χ0n) is 26.6. The van der Waals surface area contributed by atoms with Gasteiger partial charge in [-0.2, -0.15) is 14.6 Å². The van der Waals surface area contributed by atoms with Crippen LogP contribution in [0.1, 0.15) is 42.3 Å². The van der Waals surface area contributed by atoms with Crippen molar-refractivity contribution in [1.82, 2.24) is 24.4 Å². The van der Waals surface area contributed by atoms with Crippen molar-refractivity contribution in [1.29, 1.82) is 0 Å². The maximum absolute atomic E-state index is 13.5.